The summed E-state index contributed by atoms with van der Waals surface area (Å²) in [5.74, 6) is 0. The van der Waals surface area contributed by atoms with Crippen molar-refractivity contribution in [1.29, 1.82) is 0 Å². The molecule has 0 aliphatic carbocycles. The summed E-state index contributed by atoms with van der Waals surface area (Å²) in [6.45, 7) is 13.4. The quantitative estimate of drug-likeness (QED) is 0.684. The van der Waals surface area contributed by atoms with Crippen molar-refractivity contribution in [2.24, 2.45) is 0 Å². The van der Waals surface area contributed by atoms with Gasteiger partial charge in [0, 0.05) is 6.61 Å². The minimum Gasteiger partial charge on any atom is -0.411 e. The van der Waals surface area contributed by atoms with Crippen molar-refractivity contribution in [1.82, 2.24) is 0 Å². The van der Waals surface area contributed by atoms with Crippen molar-refractivity contribution >= 4 is 8.32 Å². The van der Waals surface area contributed by atoms with E-state index in [1.54, 1.807) is 0 Å². The van der Waals surface area contributed by atoms with Gasteiger partial charge in [0.1, 0.15) is 0 Å². The van der Waals surface area contributed by atoms with Gasteiger partial charge in [0.05, 0.1) is 13.2 Å². The van der Waals surface area contributed by atoms with Gasteiger partial charge in [-0.1, -0.05) is 27.2 Å². The molecule has 0 aromatic heterocycles. The van der Waals surface area contributed by atoms with Crippen LogP contribution in [0.1, 0.15) is 47.0 Å². The van der Waals surface area contributed by atoms with Crippen molar-refractivity contribution in [3.8, 4) is 0 Å². The van der Waals surface area contributed by atoms with Crippen molar-refractivity contribution in [3.63, 3.8) is 0 Å². The number of ether oxygens (including phenoxy) is 2. The predicted octanol–water partition coefficient (Wildman–Crippen LogP) is 3.48. The molecular weight excluding hydrogens is 232 g/mol. The molecule has 102 valence electrons. The molecule has 0 amide bonds. The number of hydrogen-bond acceptors (Lipinski definition) is 3. The zero-order chi connectivity index (χ0) is 12.9. The van der Waals surface area contributed by atoms with Gasteiger partial charge < -0.3 is 13.9 Å². The molecule has 17 heavy (non-hydrogen) atoms. The molecule has 1 aliphatic heterocycles. The first-order valence-corrected chi connectivity index (χ1v) is 9.46. The van der Waals surface area contributed by atoms with Crippen LogP contribution < -0.4 is 0 Å². The average Bonchev–Trinajstić information content (AvgIpc) is 2.38. The molecular formula is C13H28O3Si. The lowest BCUT2D eigenvalue weighted by Gasteiger charge is -2.49. The highest BCUT2D eigenvalue weighted by atomic mass is 28.4. The van der Waals surface area contributed by atoms with Crippen LogP contribution in [0.3, 0.4) is 0 Å². The molecule has 0 bridgehead atoms. The minimum absolute atomic E-state index is 0.434. The molecule has 2 atom stereocenters. The second-order valence-electron chi connectivity index (χ2n) is 5.01. The van der Waals surface area contributed by atoms with Gasteiger partial charge in [-0.2, -0.15) is 0 Å². The summed E-state index contributed by atoms with van der Waals surface area (Å²) in [4.78, 5) is 0. The lowest BCUT2D eigenvalue weighted by molar-refractivity contribution is -0.229. The topological polar surface area (TPSA) is 27.7 Å². The Bertz CT molecular complexity index is 229. The first-order chi connectivity index (χ1) is 8.06. The van der Waals surface area contributed by atoms with Gasteiger partial charge in [-0.3, -0.25) is 0 Å². The van der Waals surface area contributed by atoms with Crippen LogP contribution in [-0.4, -0.2) is 33.5 Å². The molecule has 0 spiro atoms. The van der Waals surface area contributed by atoms with E-state index in [0.29, 0.717) is 5.54 Å². The third-order valence-corrected chi connectivity index (χ3v) is 9.51. The van der Waals surface area contributed by atoms with E-state index in [9.17, 15) is 0 Å². The Morgan fingerprint density at radius 2 is 1.82 bits per heavy atom. The monoisotopic (exact) mass is 260 g/mol. The van der Waals surface area contributed by atoms with Gasteiger partial charge in [-0.15, -0.1) is 0 Å². The molecule has 4 heteroatoms. The molecule has 0 aromatic carbocycles. The molecule has 1 aliphatic rings. The average molecular weight is 260 g/mol. The van der Waals surface area contributed by atoms with Crippen LogP contribution in [0.5, 0.6) is 0 Å². The van der Waals surface area contributed by atoms with Crippen LogP contribution in [0.2, 0.25) is 12.1 Å². The summed E-state index contributed by atoms with van der Waals surface area (Å²) in [6.07, 6.45) is 3.01. The molecule has 1 heterocycles. The molecule has 0 aromatic rings. The van der Waals surface area contributed by atoms with Gasteiger partial charge in [-0.25, -0.2) is 0 Å². The molecule has 3 nitrogen and oxygen atoms in total. The summed E-state index contributed by atoms with van der Waals surface area (Å²) < 4.78 is 18.3. The smallest absolute Gasteiger partial charge is 0.256 e. The van der Waals surface area contributed by atoms with Gasteiger partial charge >= 0.3 is 0 Å². The lowest BCUT2D eigenvalue weighted by Crippen LogP contribution is -2.65. The number of hydrogen-bond donors (Lipinski definition) is 0. The SMILES string of the molecule is CCO[Si](C)(C(C)CC)C1(CC)OCCCO1. The van der Waals surface area contributed by atoms with E-state index in [2.05, 4.69) is 34.2 Å². The van der Waals surface area contributed by atoms with Gasteiger partial charge in [0.25, 0.3) is 8.32 Å². The maximum Gasteiger partial charge on any atom is 0.256 e. The third-order valence-electron chi connectivity index (χ3n) is 4.18. The minimum atomic E-state index is -2.05. The Morgan fingerprint density at radius 1 is 1.24 bits per heavy atom. The van der Waals surface area contributed by atoms with Crippen LogP contribution in [0.4, 0.5) is 0 Å². The molecule has 1 fully saturated rings. The zero-order valence-corrected chi connectivity index (χ0v) is 13.0. The standard InChI is InChI=1S/C13H28O3Si/c1-6-12(4)17(5,16-8-3)13(7-2)14-10-9-11-15-13/h12H,6-11H2,1-5H3. The van der Waals surface area contributed by atoms with Crippen LogP contribution >= 0.6 is 0 Å². The molecule has 0 N–H and O–H groups in total. The van der Waals surface area contributed by atoms with Crippen molar-refractivity contribution < 1.29 is 13.9 Å². The Kier molecular flexibility index (Phi) is 5.63. The van der Waals surface area contributed by atoms with E-state index < -0.39 is 13.7 Å². The van der Waals surface area contributed by atoms with E-state index in [4.69, 9.17) is 13.9 Å². The van der Waals surface area contributed by atoms with Crippen LogP contribution in [0.15, 0.2) is 0 Å². The number of rotatable bonds is 6. The van der Waals surface area contributed by atoms with E-state index >= 15 is 0 Å². The Labute approximate surface area is 107 Å². The Hall–Kier alpha value is 0.0969. The lowest BCUT2D eigenvalue weighted by atomic mass is 10.4. The summed E-state index contributed by atoms with van der Waals surface area (Å²) in [6, 6.07) is 0. The van der Waals surface area contributed by atoms with E-state index in [1.165, 1.54) is 0 Å². The highest BCUT2D eigenvalue weighted by Gasteiger charge is 2.56. The van der Waals surface area contributed by atoms with Crippen LogP contribution in [0.25, 0.3) is 0 Å². The summed E-state index contributed by atoms with van der Waals surface area (Å²) in [5.41, 5.74) is 0.108. The van der Waals surface area contributed by atoms with E-state index in [0.717, 1.165) is 39.1 Å². The van der Waals surface area contributed by atoms with Gasteiger partial charge in [0.15, 0.2) is 5.41 Å². The second kappa shape index (κ2) is 6.32. The normalized spacial score (nSPS) is 25.2. The van der Waals surface area contributed by atoms with Crippen molar-refractivity contribution in [3.05, 3.63) is 0 Å². The Balaban J connectivity index is 2.99. The zero-order valence-electron chi connectivity index (χ0n) is 12.0. The third kappa shape index (κ3) is 2.75. The first-order valence-electron chi connectivity index (χ1n) is 6.98. The Morgan fingerprint density at radius 3 is 2.24 bits per heavy atom. The largest absolute Gasteiger partial charge is 0.411 e. The molecule has 1 rings (SSSR count). The fourth-order valence-electron chi connectivity index (χ4n) is 2.73. The van der Waals surface area contributed by atoms with Gasteiger partial charge in [0.2, 0.25) is 0 Å². The maximum atomic E-state index is 6.20. The second-order valence-corrected chi connectivity index (χ2v) is 9.26. The maximum absolute atomic E-state index is 6.20. The van der Waals surface area contributed by atoms with Crippen molar-refractivity contribution in [2.45, 2.75) is 64.5 Å². The fraction of sp³-hybridized carbons (Fsp3) is 1.00. The van der Waals surface area contributed by atoms with E-state index in [-0.39, 0.29) is 0 Å². The van der Waals surface area contributed by atoms with Crippen LogP contribution in [-0.2, 0) is 13.9 Å². The fourth-order valence-corrected chi connectivity index (χ4v) is 6.85. The van der Waals surface area contributed by atoms with Crippen LogP contribution in [0, 0.1) is 0 Å². The first kappa shape index (κ1) is 15.2. The summed E-state index contributed by atoms with van der Waals surface area (Å²) in [7, 11) is -2.05. The summed E-state index contributed by atoms with van der Waals surface area (Å²) in [5, 5.41) is 0. The predicted molar refractivity (Wildman–Crippen MR) is 72.5 cm³/mol. The highest BCUT2D eigenvalue weighted by molar-refractivity contribution is 6.76. The molecule has 2 unspecified atom stereocenters. The summed E-state index contributed by atoms with van der Waals surface area (Å²) >= 11 is 0. The van der Waals surface area contributed by atoms with Crippen molar-refractivity contribution in [2.75, 3.05) is 19.8 Å². The molecule has 0 saturated carbocycles. The molecule has 1 saturated heterocycles. The highest BCUT2D eigenvalue weighted by Crippen LogP contribution is 2.41. The van der Waals surface area contributed by atoms with Gasteiger partial charge in [-0.05, 0) is 31.9 Å². The van der Waals surface area contributed by atoms with E-state index in [1.807, 2.05) is 0 Å². The molecule has 0 radical (unpaired) electrons.